The Morgan fingerprint density at radius 3 is 2.62 bits per heavy atom. The van der Waals surface area contributed by atoms with Crippen molar-refractivity contribution in [2.24, 2.45) is 0 Å². The zero-order chi connectivity index (χ0) is 11.8. The summed E-state index contributed by atoms with van der Waals surface area (Å²) in [5.74, 6) is 0. The Hall–Kier alpha value is -0.730. The third-order valence-electron chi connectivity index (χ3n) is 2.61. The number of hydrogen-bond donors (Lipinski definition) is 2. The molecule has 0 aliphatic carbocycles. The molecule has 0 atom stereocenters. The van der Waals surface area contributed by atoms with Gasteiger partial charge in [-0.3, -0.25) is 0 Å². The third-order valence-corrected chi connectivity index (χ3v) is 2.92. The maximum absolute atomic E-state index is 8.64. The molecule has 0 saturated carbocycles. The van der Waals surface area contributed by atoms with Crippen LogP contribution in [0, 0.1) is 6.92 Å². The number of anilines is 1. The number of aryl methyl sites for hydroxylation is 1. The van der Waals surface area contributed by atoms with Gasteiger partial charge >= 0.3 is 0 Å². The van der Waals surface area contributed by atoms with Crippen LogP contribution in [-0.2, 0) is 0 Å². The molecular weight excluding hydrogens is 222 g/mol. The van der Waals surface area contributed by atoms with E-state index in [9.17, 15) is 0 Å². The minimum Gasteiger partial charge on any atom is -0.396 e. The Kier molecular flexibility index (Phi) is 6.27. The minimum absolute atomic E-state index is 0.303. The SMILES string of the molecule is Cc1cccc(Cl)c1NCCCCCCO. The average molecular weight is 242 g/mol. The Bertz CT molecular complexity index is 295. The van der Waals surface area contributed by atoms with Crippen LogP contribution in [-0.4, -0.2) is 18.3 Å². The van der Waals surface area contributed by atoms with E-state index in [-0.39, 0.29) is 0 Å². The fraction of sp³-hybridized carbons (Fsp3) is 0.538. The van der Waals surface area contributed by atoms with Gasteiger partial charge in [-0.15, -0.1) is 0 Å². The number of nitrogens with one attached hydrogen (secondary N) is 1. The van der Waals surface area contributed by atoms with Gasteiger partial charge in [0.05, 0.1) is 10.7 Å². The normalized spacial score (nSPS) is 10.4. The summed E-state index contributed by atoms with van der Waals surface area (Å²) in [5.41, 5.74) is 2.23. The van der Waals surface area contributed by atoms with E-state index in [1.807, 2.05) is 12.1 Å². The highest BCUT2D eigenvalue weighted by atomic mass is 35.5. The molecule has 3 heteroatoms. The molecule has 1 aromatic carbocycles. The molecule has 0 heterocycles. The summed E-state index contributed by atoms with van der Waals surface area (Å²) in [6.07, 6.45) is 4.27. The largest absolute Gasteiger partial charge is 0.396 e. The van der Waals surface area contributed by atoms with Crippen LogP contribution in [0.2, 0.25) is 5.02 Å². The number of benzene rings is 1. The van der Waals surface area contributed by atoms with Crippen molar-refractivity contribution in [1.29, 1.82) is 0 Å². The van der Waals surface area contributed by atoms with Gasteiger partial charge in [-0.2, -0.15) is 0 Å². The second-order valence-electron chi connectivity index (χ2n) is 4.00. The summed E-state index contributed by atoms with van der Waals surface area (Å²) in [6.45, 7) is 3.30. The zero-order valence-electron chi connectivity index (χ0n) is 9.80. The lowest BCUT2D eigenvalue weighted by molar-refractivity contribution is 0.283. The number of halogens is 1. The molecule has 0 aliphatic rings. The van der Waals surface area contributed by atoms with Crippen LogP contribution in [0.25, 0.3) is 0 Å². The second-order valence-corrected chi connectivity index (χ2v) is 4.40. The van der Waals surface area contributed by atoms with Gasteiger partial charge in [0.2, 0.25) is 0 Å². The van der Waals surface area contributed by atoms with E-state index >= 15 is 0 Å². The van der Waals surface area contributed by atoms with Gasteiger partial charge in [-0.1, -0.05) is 36.6 Å². The second kappa shape index (κ2) is 7.53. The monoisotopic (exact) mass is 241 g/mol. The van der Waals surface area contributed by atoms with Gasteiger partial charge in [0, 0.05) is 13.2 Å². The van der Waals surface area contributed by atoms with E-state index in [0.717, 1.165) is 42.9 Å². The van der Waals surface area contributed by atoms with Crippen molar-refractivity contribution in [3.05, 3.63) is 28.8 Å². The Morgan fingerprint density at radius 1 is 1.19 bits per heavy atom. The smallest absolute Gasteiger partial charge is 0.0640 e. The molecule has 0 radical (unpaired) electrons. The maximum atomic E-state index is 8.64. The quantitative estimate of drug-likeness (QED) is 0.715. The lowest BCUT2D eigenvalue weighted by Gasteiger charge is -2.11. The van der Waals surface area contributed by atoms with Crippen molar-refractivity contribution < 1.29 is 5.11 Å². The Morgan fingerprint density at radius 2 is 1.94 bits per heavy atom. The Balaban J connectivity index is 2.26. The van der Waals surface area contributed by atoms with E-state index in [1.165, 1.54) is 5.56 Å². The van der Waals surface area contributed by atoms with E-state index < -0.39 is 0 Å². The number of aliphatic hydroxyl groups excluding tert-OH is 1. The first kappa shape index (κ1) is 13.3. The van der Waals surface area contributed by atoms with Crippen molar-refractivity contribution >= 4 is 17.3 Å². The third kappa shape index (κ3) is 4.42. The zero-order valence-corrected chi connectivity index (χ0v) is 10.6. The summed E-state index contributed by atoms with van der Waals surface area (Å²) in [7, 11) is 0. The van der Waals surface area contributed by atoms with Crippen molar-refractivity contribution in [2.45, 2.75) is 32.6 Å². The van der Waals surface area contributed by atoms with Crippen molar-refractivity contribution in [3.63, 3.8) is 0 Å². The van der Waals surface area contributed by atoms with E-state index in [1.54, 1.807) is 0 Å². The highest BCUT2D eigenvalue weighted by Gasteiger charge is 2.01. The molecule has 90 valence electrons. The molecule has 1 rings (SSSR count). The molecule has 1 aromatic rings. The first-order chi connectivity index (χ1) is 7.75. The molecule has 2 N–H and O–H groups in total. The van der Waals surface area contributed by atoms with Crippen LogP contribution in [0.3, 0.4) is 0 Å². The number of rotatable bonds is 7. The Labute approximate surface area is 103 Å². The van der Waals surface area contributed by atoms with E-state index in [2.05, 4.69) is 18.3 Å². The number of para-hydroxylation sites is 1. The lowest BCUT2D eigenvalue weighted by Crippen LogP contribution is -2.03. The molecule has 16 heavy (non-hydrogen) atoms. The van der Waals surface area contributed by atoms with Crippen LogP contribution >= 0.6 is 11.6 Å². The standard InChI is InChI=1S/C13H20ClNO/c1-11-7-6-8-12(14)13(11)15-9-4-2-3-5-10-16/h6-8,15-16H,2-5,9-10H2,1H3. The molecule has 0 unspecified atom stereocenters. The van der Waals surface area contributed by atoms with Gasteiger partial charge in [0.1, 0.15) is 0 Å². The number of aliphatic hydroxyl groups is 1. The highest BCUT2D eigenvalue weighted by molar-refractivity contribution is 6.33. The molecular formula is C13H20ClNO. The fourth-order valence-electron chi connectivity index (χ4n) is 1.66. The van der Waals surface area contributed by atoms with Crippen LogP contribution < -0.4 is 5.32 Å². The lowest BCUT2D eigenvalue weighted by atomic mass is 10.1. The fourth-order valence-corrected chi connectivity index (χ4v) is 1.95. The molecule has 0 aliphatic heterocycles. The summed E-state index contributed by atoms with van der Waals surface area (Å²) in [4.78, 5) is 0. The summed E-state index contributed by atoms with van der Waals surface area (Å²) >= 11 is 6.10. The van der Waals surface area contributed by atoms with Crippen LogP contribution in [0.5, 0.6) is 0 Å². The topological polar surface area (TPSA) is 32.3 Å². The van der Waals surface area contributed by atoms with Crippen molar-refractivity contribution in [3.8, 4) is 0 Å². The van der Waals surface area contributed by atoms with Gasteiger partial charge in [-0.05, 0) is 31.4 Å². The van der Waals surface area contributed by atoms with Crippen molar-refractivity contribution in [1.82, 2.24) is 0 Å². The van der Waals surface area contributed by atoms with Gasteiger partial charge in [0.25, 0.3) is 0 Å². The summed E-state index contributed by atoms with van der Waals surface area (Å²) < 4.78 is 0. The maximum Gasteiger partial charge on any atom is 0.0640 e. The van der Waals surface area contributed by atoms with Crippen LogP contribution in [0.4, 0.5) is 5.69 Å². The predicted octanol–water partition coefficient (Wildman–Crippen LogP) is 3.61. The molecule has 0 saturated heterocycles. The first-order valence-corrected chi connectivity index (χ1v) is 6.23. The van der Waals surface area contributed by atoms with Crippen LogP contribution in [0.15, 0.2) is 18.2 Å². The van der Waals surface area contributed by atoms with Gasteiger partial charge in [-0.25, -0.2) is 0 Å². The summed E-state index contributed by atoms with van der Waals surface area (Å²) in [6, 6.07) is 5.92. The number of unbranched alkanes of at least 4 members (excludes halogenated alkanes) is 3. The number of hydrogen-bond acceptors (Lipinski definition) is 2. The first-order valence-electron chi connectivity index (χ1n) is 5.85. The minimum atomic E-state index is 0.303. The molecule has 2 nitrogen and oxygen atoms in total. The van der Waals surface area contributed by atoms with Gasteiger partial charge in [0.15, 0.2) is 0 Å². The molecule has 0 spiro atoms. The molecule has 0 bridgehead atoms. The summed E-state index contributed by atoms with van der Waals surface area (Å²) in [5, 5.41) is 12.8. The van der Waals surface area contributed by atoms with E-state index in [0.29, 0.717) is 6.61 Å². The molecule has 0 fully saturated rings. The van der Waals surface area contributed by atoms with Crippen molar-refractivity contribution in [2.75, 3.05) is 18.5 Å². The van der Waals surface area contributed by atoms with Crippen LogP contribution in [0.1, 0.15) is 31.2 Å². The van der Waals surface area contributed by atoms with Gasteiger partial charge < -0.3 is 10.4 Å². The average Bonchev–Trinajstić information content (AvgIpc) is 2.26. The predicted molar refractivity (Wildman–Crippen MR) is 70.2 cm³/mol. The molecule has 0 aromatic heterocycles. The highest BCUT2D eigenvalue weighted by Crippen LogP contribution is 2.25. The molecule has 0 amide bonds. The van der Waals surface area contributed by atoms with E-state index in [4.69, 9.17) is 16.7 Å².